The van der Waals surface area contributed by atoms with Crippen LogP contribution in [0.25, 0.3) is 5.69 Å². The first kappa shape index (κ1) is 11.4. The Morgan fingerprint density at radius 2 is 1.88 bits per heavy atom. The first-order valence-electron chi connectivity index (χ1n) is 5.70. The van der Waals surface area contributed by atoms with E-state index in [1.54, 1.807) is 0 Å². The molecule has 1 aromatic carbocycles. The molecule has 0 spiro atoms. The maximum absolute atomic E-state index is 9.06. The van der Waals surface area contributed by atoms with Gasteiger partial charge in [0.2, 0.25) is 0 Å². The number of hydrogen-bond acceptors (Lipinski definition) is 2. The van der Waals surface area contributed by atoms with Crippen LogP contribution in [-0.4, -0.2) is 9.78 Å². The van der Waals surface area contributed by atoms with Gasteiger partial charge in [0.05, 0.1) is 11.4 Å². The van der Waals surface area contributed by atoms with Crippen molar-refractivity contribution in [3.63, 3.8) is 0 Å². The number of benzene rings is 1. The molecule has 0 aliphatic rings. The molecule has 0 atom stereocenters. The molecule has 3 nitrogen and oxygen atoms in total. The Bertz CT molecular complexity index is 559. The summed E-state index contributed by atoms with van der Waals surface area (Å²) >= 11 is 0. The van der Waals surface area contributed by atoms with Gasteiger partial charge < -0.3 is 0 Å². The third-order valence-electron chi connectivity index (χ3n) is 2.82. The largest absolute Gasteiger partial charge is 0.236 e. The number of hydrogen-bond donors (Lipinski definition) is 0. The number of rotatable bonds is 2. The minimum absolute atomic E-state index is 0.338. The Morgan fingerprint density at radius 1 is 1.24 bits per heavy atom. The molecule has 0 bridgehead atoms. The summed E-state index contributed by atoms with van der Waals surface area (Å²) in [6, 6.07) is 12.1. The lowest BCUT2D eigenvalue weighted by Gasteiger charge is -2.10. The molecule has 0 amide bonds. The Morgan fingerprint density at radius 3 is 2.41 bits per heavy atom. The molecule has 0 saturated carbocycles. The van der Waals surface area contributed by atoms with E-state index < -0.39 is 0 Å². The predicted octanol–water partition coefficient (Wildman–Crippen LogP) is 3.18. The van der Waals surface area contributed by atoms with Gasteiger partial charge in [-0.3, -0.25) is 0 Å². The first-order valence-corrected chi connectivity index (χ1v) is 5.70. The molecule has 0 aliphatic heterocycles. The number of para-hydroxylation sites is 1. The van der Waals surface area contributed by atoms with Crippen molar-refractivity contribution in [2.75, 3.05) is 0 Å². The second kappa shape index (κ2) is 4.42. The van der Waals surface area contributed by atoms with Crippen LogP contribution in [0.4, 0.5) is 0 Å². The monoisotopic (exact) mass is 225 g/mol. The predicted molar refractivity (Wildman–Crippen MR) is 67.1 cm³/mol. The number of nitriles is 1. The van der Waals surface area contributed by atoms with Crippen LogP contribution < -0.4 is 0 Å². The van der Waals surface area contributed by atoms with Crippen LogP contribution in [-0.2, 0) is 0 Å². The summed E-state index contributed by atoms with van der Waals surface area (Å²) in [6.45, 7) is 6.19. The standard InChI is InChI=1S/C14H15N3/c1-10(2)14-11(3)13(9-15)16-17(14)12-7-5-4-6-8-12/h4-8,10H,1-3H3. The third kappa shape index (κ3) is 1.94. The lowest BCUT2D eigenvalue weighted by Crippen LogP contribution is -2.04. The smallest absolute Gasteiger partial charge is 0.166 e. The highest BCUT2D eigenvalue weighted by atomic mass is 15.3. The van der Waals surface area contributed by atoms with E-state index in [2.05, 4.69) is 25.0 Å². The summed E-state index contributed by atoms with van der Waals surface area (Å²) in [7, 11) is 0. The van der Waals surface area contributed by atoms with Crippen molar-refractivity contribution in [2.45, 2.75) is 26.7 Å². The van der Waals surface area contributed by atoms with Crippen LogP contribution >= 0.6 is 0 Å². The molecular formula is C14H15N3. The molecule has 3 heteroatoms. The van der Waals surface area contributed by atoms with E-state index in [1.807, 2.05) is 41.9 Å². The van der Waals surface area contributed by atoms with Crippen molar-refractivity contribution in [2.24, 2.45) is 0 Å². The van der Waals surface area contributed by atoms with Gasteiger partial charge in [-0.2, -0.15) is 10.4 Å². The van der Waals surface area contributed by atoms with Gasteiger partial charge in [0.1, 0.15) is 6.07 Å². The minimum Gasteiger partial charge on any atom is -0.236 e. The van der Waals surface area contributed by atoms with E-state index in [-0.39, 0.29) is 0 Å². The summed E-state index contributed by atoms with van der Waals surface area (Å²) < 4.78 is 1.87. The van der Waals surface area contributed by atoms with Crippen LogP contribution in [0.2, 0.25) is 0 Å². The fraction of sp³-hybridized carbons (Fsp3) is 0.286. The van der Waals surface area contributed by atoms with Gasteiger partial charge >= 0.3 is 0 Å². The van der Waals surface area contributed by atoms with Gasteiger partial charge in [0, 0.05) is 5.56 Å². The van der Waals surface area contributed by atoms with E-state index in [0.717, 1.165) is 16.9 Å². The maximum Gasteiger partial charge on any atom is 0.166 e. The fourth-order valence-corrected chi connectivity index (χ4v) is 2.06. The molecule has 0 N–H and O–H groups in total. The fourth-order valence-electron chi connectivity index (χ4n) is 2.06. The third-order valence-corrected chi connectivity index (χ3v) is 2.82. The Balaban J connectivity index is 2.66. The van der Waals surface area contributed by atoms with Gasteiger partial charge in [-0.05, 0) is 25.0 Å². The Hall–Kier alpha value is -2.08. The maximum atomic E-state index is 9.06. The highest BCUT2D eigenvalue weighted by Crippen LogP contribution is 2.24. The lowest BCUT2D eigenvalue weighted by molar-refractivity contribution is 0.729. The van der Waals surface area contributed by atoms with E-state index in [1.165, 1.54) is 0 Å². The van der Waals surface area contributed by atoms with Gasteiger partial charge in [-0.25, -0.2) is 4.68 Å². The molecule has 0 saturated heterocycles. The van der Waals surface area contributed by atoms with Crippen molar-refractivity contribution in [3.05, 3.63) is 47.3 Å². The van der Waals surface area contributed by atoms with Crippen molar-refractivity contribution in [1.29, 1.82) is 5.26 Å². The second-order valence-corrected chi connectivity index (χ2v) is 4.37. The molecule has 0 aliphatic carbocycles. The van der Waals surface area contributed by atoms with Crippen LogP contribution in [0.5, 0.6) is 0 Å². The Labute approximate surface area is 101 Å². The van der Waals surface area contributed by atoms with Crippen LogP contribution in [0.15, 0.2) is 30.3 Å². The zero-order chi connectivity index (χ0) is 12.4. The van der Waals surface area contributed by atoms with Gasteiger partial charge in [0.25, 0.3) is 0 Å². The summed E-state index contributed by atoms with van der Waals surface area (Å²) in [5.41, 5.74) is 3.59. The normalized spacial score (nSPS) is 10.5. The lowest BCUT2D eigenvalue weighted by atomic mass is 10.0. The molecule has 0 unspecified atom stereocenters. The van der Waals surface area contributed by atoms with E-state index >= 15 is 0 Å². The van der Waals surface area contributed by atoms with Gasteiger partial charge in [-0.15, -0.1) is 0 Å². The van der Waals surface area contributed by atoms with Crippen LogP contribution in [0, 0.1) is 18.3 Å². The number of aromatic nitrogens is 2. The molecular weight excluding hydrogens is 210 g/mol. The van der Waals surface area contributed by atoms with E-state index in [0.29, 0.717) is 11.6 Å². The molecule has 86 valence electrons. The van der Waals surface area contributed by atoms with Crippen molar-refractivity contribution < 1.29 is 0 Å². The molecule has 0 radical (unpaired) electrons. The SMILES string of the molecule is Cc1c(C#N)nn(-c2ccccc2)c1C(C)C. The molecule has 2 aromatic rings. The quantitative estimate of drug-likeness (QED) is 0.787. The summed E-state index contributed by atoms with van der Waals surface area (Å²) in [4.78, 5) is 0. The van der Waals surface area contributed by atoms with E-state index in [9.17, 15) is 0 Å². The van der Waals surface area contributed by atoms with Crippen LogP contribution in [0.1, 0.15) is 36.7 Å². The van der Waals surface area contributed by atoms with Crippen molar-refractivity contribution in [1.82, 2.24) is 9.78 Å². The first-order chi connectivity index (χ1) is 8.15. The molecule has 2 rings (SSSR count). The Kier molecular flexibility index (Phi) is 2.97. The molecule has 1 aromatic heterocycles. The number of nitrogens with zero attached hydrogens (tertiary/aromatic N) is 3. The molecule has 0 fully saturated rings. The van der Waals surface area contributed by atoms with Crippen LogP contribution in [0.3, 0.4) is 0 Å². The summed E-state index contributed by atoms with van der Waals surface area (Å²) in [5.74, 6) is 0.338. The molecule has 1 heterocycles. The minimum atomic E-state index is 0.338. The van der Waals surface area contributed by atoms with Gasteiger partial charge in [0.15, 0.2) is 5.69 Å². The zero-order valence-electron chi connectivity index (χ0n) is 10.3. The zero-order valence-corrected chi connectivity index (χ0v) is 10.3. The highest BCUT2D eigenvalue weighted by Gasteiger charge is 2.17. The summed E-state index contributed by atoms with van der Waals surface area (Å²) in [5, 5.41) is 13.4. The topological polar surface area (TPSA) is 41.6 Å². The average Bonchev–Trinajstić information content (AvgIpc) is 2.67. The van der Waals surface area contributed by atoms with Gasteiger partial charge in [-0.1, -0.05) is 32.0 Å². The second-order valence-electron chi connectivity index (χ2n) is 4.37. The van der Waals surface area contributed by atoms with E-state index in [4.69, 9.17) is 5.26 Å². The average molecular weight is 225 g/mol. The van der Waals surface area contributed by atoms with Crippen molar-refractivity contribution in [3.8, 4) is 11.8 Å². The highest BCUT2D eigenvalue weighted by molar-refractivity contribution is 5.42. The van der Waals surface area contributed by atoms with Crippen molar-refractivity contribution >= 4 is 0 Å². The molecule has 17 heavy (non-hydrogen) atoms. The summed E-state index contributed by atoms with van der Waals surface area (Å²) in [6.07, 6.45) is 0.